The van der Waals surface area contributed by atoms with Crippen molar-refractivity contribution in [1.29, 1.82) is 0 Å². The summed E-state index contributed by atoms with van der Waals surface area (Å²) in [6, 6.07) is 39.2. The van der Waals surface area contributed by atoms with Gasteiger partial charge < -0.3 is 17.0 Å². The van der Waals surface area contributed by atoms with E-state index in [2.05, 4.69) is 116 Å². The van der Waals surface area contributed by atoms with Crippen LogP contribution in [-0.2, 0) is 6.16 Å². The third kappa shape index (κ3) is 5.04. The van der Waals surface area contributed by atoms with Gasteiger partial charge >= 0.3 is 0 Å². The summed E-state index contributed by atoms with van der Waals surface area (Å²) >= 11 is 0. The fourth-order valence-corrected chi connectivity index (χ4v) is 7.85. The largest absolute Gasteiger partial charge is 1.00 e. The molecule has 0 N–H and O–H groups in total. The molecule has 0 saturated heterocycles. The maximum atomic E-state index is 4.86. The van der Waals surface area contributed by atoms with Crippen molar-refractivity contribution < 1.29 is 17.0 Å². The minimum Gasteiger partial charge on any atom is -1.00 e. The molecule has 0 aliphatic carbocycles. The molecule has 4 rings (SSSR count). The number of rotatable bonds is 5. The van der Waals surface area contributed by atoms with Gasteiger partial charge in [-0.15, -0.1) is 17.0 Å². The fourth-order valence-electron chi connectivity index (χ4n) is 3.70. The summed E-state index contributed by atoms with van der Waals surface area (Å²) in [7, 11) is -1.86. The van der Waals surface area contributed by atoms with Gasteiger partial charge in [-0.1, -0.05) is 60.7 Å². The lowest BCUT2D eigenvalue weighted by Crippen LogP contribution is -3.00. The fraction of sp³-hybridized carbons (Fsp3) is 0.0800. The number of nitrogens with zero attached hydrogens (tertiary/aromatic N) is 1. The third-order valence-corrected chi connectivity index (χ3v) is 9.27. The Balaban J connectivity index is 0.00000150. The monoisotopic (exact) mass is 527 g/mol. The van der Waals surface area contributed by atoms with E-state index in [1.807, 2.05) is 0 Å². The zero-order valence-electron chi connectivity index (χ0n) is 16.3. The highest BCUT2D eigenvalue weighted by molar-refractivity contribution is 8.93. The molecule has 0 bridgehead atoms. The summed E-state index contributed by atoms with van der Waals surface area (Å²) in [6.07, 6.45) is 0.923. The number of aryl methyl sites for hydroxylation is 1. The molecule has 1 aromatic heterocycles. The summed E-state index contributed by atoms with van der Waals surface area (Å²) < 4.78 is 0. The third-order valence-electron chi connectivity index (χ3n) is 4.94. The summed E-state index contributed by atoms with van der Waals surface area (Å²) in [5, 5.41) is 4.18. The van der Waals surface area contributed by atoms with Gasteiger partial charge in [0.2, 0.25) is 0 Å². The van der Waals surface area contributed by atoms with Crippen LogP contribution in [0.2, 0.25) is 0 Å². The van der Waals surface area contributed by atoms with Crippen LogP contribution in [0, 0.1) is 6.92 Å². The first-order chi connectivity index (χ1) is 13.3. The SMILES string of the molecule is Br.Cc1cccc(C[P+](c2ccccc2)(c2ccccc2)c2ccccc2)n1.[Br-]. The van der Waals surface area contributed by atoms with E-state index < -0.39 is 7.26 Å². The van der Waals surface area contributed by atoms with Gasteiger partial charge in [0.05, 0.1) is 5.69 Å². The molecular weight excluding hydrogens is 505 g/mol. The van der Waals surface area contributed by atoms with Gasteiger partial charge in [-0.3, -0.25) is 4.98 Å². The van der Waals surface area contributed by atoms with E-state index in [0.717, 1.165) is 17.5 Å². The molecule has 0 atom stereocenters. The Labute approximate surface area is 195 Å². The highest BCUT2D eigenvalue weighted by Crippen LogP contribution is 2.57. The van der Waals surface area contributed by atoms with Crippen molar-refractivity contribution in [2.45, 2.75) is 13.1 Å². The molecule has 0 radical (unpaired) electrons. The standard InChI is InChI=1S/C25H23NP.2BrH/c1-21-12-11-13-22(26-21)20-27(23-14-5-2-6-15-23,24-16-7-3-8-17-24)25-18-9-4-10-19-25;;/h2-19H,20H2,1H3;2*1H/q+1;;/p-1. The lowest BCUT2D eigenvalue weighted by Gasteiger charge is -2.27. The van der Waals surface area contributed by atoms with E-state index >= 15 is 0 Å². The van der Waals surface area contributed by atoms with E-state index in [4.69, 9.17) is 4.98 Å². The molecule has 3 aromatic carbocycles. The molecule has 0 fully saturated rings. The molecule has 1 heterocycles. The average molecular weight is 529 g/mol. The second-order valence-electron chi connectivity index (χ2n) is 6.74. The Hall–Kier alpha value is -1.80. The van der Waals surface area contributed by atoms with Crippen LogP contribution in [-0.4, -0.2) is 4.98 Å². The molecule has 1 nitrogen and oxygen atoms in total. The number of pyridine rings is 1. The first kappa shape index (κ1) is 23.5. The first-order valence-corrected chi connectivity index (χ1v) is 11.2. The van der Waals surface area contributed by atoms with E-state index in [1.165, 1.54) is 15.9 Å². The second kappa shape index (κ2) is 10.8. The molecular formula is C25H24Br2NP. The molecule has 0 aliphatic rings. The Kier molecular flexibility index (Phi) is 8.77. The van der Waals surface area contributed by atoms with Crippen LogP contribution in [0.1, 0.15) is 11.4 Å². The van der Waals surface area contributed by atoms with Crippen LogP contribution in [0.3, 0.4) is 0 Å². The lowest BCUT2D eigenvalue weighted by atomic mass is 10.3. The number of halogens is 2. The second-order valence-corrected chi connectivity index (χ2v) is 10.2. The van der Waals surface area contributed by atoms with Gasteiger partial charge in [0.1, 0.15) is 29.3 Å². The van der Waals surface area contributed by atoms with Crippen LogP contribution in [0.25, 0.3) is 0 Å². The Morgan fingerprint density at radius 3 is 1.38 bits per heavy atom. The zero-order chi connectivity index (χ0) is 18.5. The lowest BCUT2D eigenvalue weighted by molar-refractivity contribution is -0.00000558. The van der Waals surface area contributed by atoms with E-state index in [9.17, 15) is 0 Å². The first-order valence-electron chi connectivity index (χ1n) is 9.26. The van der Waals surface area contributed by atoms with Crippen molar-refractivity contribution in [1.82, 2.24) is 4.98 Å². The minimum absolute atomic E-state index is 0. The maximum Gasteiger partial charge on any atom is 0.118 e. The van der Waals surface area contributed by atoms with E-state index in [0.29, 0.717) is 0 Å². The number of hydrogen-bond donors (Lipinski definition) is 0. The van der Waals surface area contributed by atoms with Crippen molar-refractivity contribution in [2.75, 3.05) is 0 Å². The van der Waals surface area contributed by atoms with Gasteiger partial charge in [-0.05, 0) is 55.5 Å². The summed E-state index contributed by atoms with van der Waals surface area (Å²) in [5.41, 5.74) is 2.22. The Bertz CT molecular complexity index is 912. The highest BCUT2D eigenvalue weighted by Gasteiger charge is 2.45. The molecule has 0 unspecified atom stereocenters. The van der Waals surface area contributed by atoms with Crippen LogP contribution in [0.4, 0.5) is 0 Å². The molecule has 0 aliphatic heterocycles. The molecule has 4 heteroatoms. The summed E-state index contributed by atoms with van der Waals surface area (Å²) in [4.78, 5) is 4.86. The summed E-state index contributed by atoms with van der Waals surface area (Å²) in [5.74, 6) is 0. The van der Waals surface area contributed by atoms with Crippen molar-refractivity contribution in [3.8, 4) is 0 Å². The zero-order valence-corrected chi connectivity index (χ0v) is 20.5. The Morgan fingerprint density at radius 2 is 1.00 bits per heavy atom. The van der Waals surface area contributed by atoms with E-state index in [1.54, 1.807) is 0 Å². The predicted octanol–water partition coefficient (Wildman–Crippen LogP) is 2.47. The van der Waals surface area contributed by atoms with Gasteiger partial charge in [0, 0.05) is 5.69 Å². The normalized spacial score (nSPS) is 10.5. The van der Waals surface area contributed by atoms with Crippen LogP contribution >= 0.6 is 24.2 Å². The van der Waals surface area contributed by atoms with Gasteiger partial charge in [0.25, 0.3) is 0 Å². The highest BCUT2D eigenvalue weighted by atomic mass is 79.9. The number of hydrogen-bond acceptors (Lipinski definition) is 1. The van der Waals surface area contributed by atoms with Gasteiger partial charge in [-0.2, -0.15) is 0 Å². The predicted molar refractivity (Wildman–Crippen MR) is 128 cm³/mol. The van der Waals surface area contributed by atoms with Crippen molar-refractivity contribution in [2.24, 2.45) is 0 Å². The molecule has 148 valence electrons. The smallest absolute Gasteiger partial charge is 0.118 e. The van der Waals surface area contributed by atoms with Crippen LogP contribution in [0.15, 0.2) is 109 Å². The minimum atomic E-state index is -1.86. The van der Waals surface area contributed by atoms with Crippen LogP contribution < -0.4 is 32.9 Å². The maximum absolute atomic E-state index is 4.86. The topological polar surface area (TPSA) is 12.9 Å². The molecule has 0 saturated carbocycles. The summed E-state index contributed by atoms with van der Waals surface area (Å²) in [6.45, 7) is 2.07. The Morgan fingerprint density at radius 1 is 0.586 bits per heavy atom. The quantitative estimate of drug-likeness (QED) is 0.363. The van der Waals surface area contributed by atoms with Crippen molar-refractivity contribution >= 4 is 40.2 Å². The molecule has 4 aromatic rings. The average Bonchev–Trinajstić information content (AvgIpc) is 2.74. The van der Waals surface area contributed by atoms with Crippen molar-refractivity contribution in [3.63, 3.8) is 0 Å². The molecule has 0 spiro atoms. The van der Waals surface area contributed by atoms with E-state index in [-0.39, 0.29) is 34.0 Å². The molecule has 29 heavy (non-hydrogen) atoms. The molecule has 0 amide bonds. The van der Waals surface area contributed by atoms with Gasteiger partial charge in [0.15, 0.2) is 0 Å². The van der Waals surface area contributed by atoms with Crippen LogP contribution in [0.5, 0.6) is 0 Å². The number of benzene rings is 3. The van der Waals surface area contributed by atoms with Crippen molar-refractivity contribution in [3.05, 3.63) is 121 Å². The number of aromatic nitrogens is 1. The van der Waals surface area contributed by atoms with Gasteiger partial charge in [-0.25, -0.2) is 0 Å².